The number of hydrogen-bond donors (Lipinski definition) is 0. The fourth-order valence-electron chi connectivity index (χ4n) is 1.58. The van der Waals surface area contributed by atoms with Crippen LogP contribution in [0.4, 0.5) is 13.2 Å². The molecule has 1 nitrogen and oxygen atoms in total. The normalized spacial score (nSPS) is 11.8. The van der Waals surface area contributed by atoms with Crippen LogP contribution < -0.4 is 0 Å². The minimum absolute atomic E-state index is 0.0436. The Balaban J connectivity index is 2.69. The summed E-state index contributed by atoms with van der Waals surface area (Å²) in [5, 5.41) is 0.448. The molecule has 0 unspecified atom stereocenters. The number of pyridine rings is 1. The highest BCUT2D eigenvalue weighted by Gasteiger charge is 2.36. The molecule has 8 heteroatoms. The minimum atomic E-state index is -4.53. The molecule has 1 aromatic carbocycles. The topological polar surface area (TPSA) is 12.9 Å². The summed E-state index contributed by atoms with van der Waals surface area (Å²) in [6.45, 7) is 0. The molecule has 1 heterocycles. The van der Waals surface area contributed by atoms with Crippen LogP contribution in [0.5, 0.6) is 0 Å². The third kappa shape index (κ3) is 3.00. The van der Waals surface area contributed by atoms with Crippen molar-refractivity contribution in [3.8, 4) is 11.1 Å². The summed E-state index contributed by atoms with van der Waals surface area (Å²) in [5.41, 5.74) is -0.285. The molecule has 0 bridgehead atoms. The highest BCUT2D eigenvalue weighted by molar-refractivity contribution is 14.1. The first-order valence-corrected chi connectivity index (χ1v) is 7.30. The largest absolute Gasteiger partial charge is 0.434 e. The van der Waals surface area contributed by atoms with Gasteiger partial charge in [0.25, 0.3) is 0 Å². The van der Waals surface area contributed by atoms with Gasteiger partial charge in [0, 0.05) is 17.3 Å². The first kappa shape index (κ1) is 16.1. The van der Waals surface area contributed by atoms with Gasteiger partial charge in [0.2, 0.25) is 0 Å². The lowest BCUT2D eigenvalue weighted by molar-refractivity contribution is -0.141. The molecule has 0 aliphatic heterocycles. The smallest absolute Gasteiger partial charge is 0.251 e. The summed E-state index contributed by atoms with van der Waals surface area (Å²) < 4.78 is 38.5. The van der Waals surface area contributed by atoms with Crippen LogP contribution in [0.15, 0.2) is 24.4 Å². The Labute approximate surface area is 141 Å². The molecule has 0 aliphatic rings. The highest BCUT2D eigenvalue weighted by atomic mass is 127. The van der Waals surface area contributed by atoms with E-state index in [9.17, 15) is 13.2 Å². The van der Waals surface area contributed by atoms with E-state index in [2.05, 4.69) is 4.98 Å². The first-order valence-electron chi connectivity index (χ1n) is 5.09. The summed E-state index contributed by atoms with van der Waals surface area (Å²) >= 11 is 19.4. The molecular formula is C12H4Cl3F3IN. The summed E-state index contributed by atoms with van der Waals surface area (Å²) in [7, 11) is 0. The third-order valence-corrected chi connectivity index (χ3v) is 4.87. The van der Waals surface area contributed by atoms with E-state index < -0.39 is 11.9 Å². The van der Waals surface area contributed by atoms with Crippen LogP contribution in [0.3, 0.4) is 0 Å². The van der Waals surface area contributed by atoms with Crippen molar-refractivity contribution in [3.63, 3.8) is 0 Å². The van der Waals surface area contributed by atoms with Crippen molar-refractivity contribution >= 4 is 57.4 Å². The molecule has 20 heavy (non-hydrogen) atoms. The Morgan fingerprint density at radius 1 is 0.950 bits per heavy atom. The van der Waals surface area contributed by atoms with Gasteiger partial charge in [0.1, 0.15) is 0 Å². The molecule has 0 N–H and O–H groups in total. The second kappa shape index (κ2) is 5.87. The molecular weight excluding hydrogens is 448 g/mol. The molecule has 0 spiro atoms. The molecule has 1 aromatic heterocycles. The maximum Gasteiger partial charge on any atom is 0.434 e. The number of benzene rings is 1. The van der Waals surface area contributed by atoms with Crippen molar-refractivity contribution in [1.82, 2.24) is 4.98 Å². The van der Waals surface area contributed by atoms with Gasteiger partial charge in [-0.1, -0.05) is 40.9 Å². The van der Waals surface area contributed by atoms with Crippen LogP contribution in [0, 0.1) is 3.57 Å². The summed E-state index contributed by atoms with van der Waals surface area (Å²) in [5.74, 6) is 0. The Hall–Kier alpha value is -0.240. The molecule has 0 atom stereocenters. The molecule has 0 radical (unpaired) electrons. The van der Waals surface area contributed by atoms with E-state index in [4.69, 9.17) is 34.8 Å². The molecule has 0 aliphatic carbocycles. The van der Waals surface area contributed by atoms with E-state index in [1.165, 1.54) is 18.2 Å². The Bertz CT molecular complexity index is 674. The van der Waals surface area contributed by atoms with Gasteiger partial charge in [-0.2, -0.15) is 13.2 Å². The van der Waals surface area contributed by atoms with Gasteiger partial charge in [0.15, 0.2) is 5.69 Å². The number of nitrogens with zero attached hydrogens (tertiary/aromatic N) is 1. The van der Waals surface area contributed by atoms with E-state index in [1.807, 2.05) is 0 Å². The zero-order valence-corrected chi connectivity index (χ0v) is 13.8. The fourth-order valence-corrected chi connectivity index (χ4v) is 3.14. The molecule has 2 aromatic rings. The van der Waals surface area contributed by atoms with Gasteiger partial charge >= 0.3 is 6.18 Å². The number of aromatic nitrogens is 1. The lowest BCUT2D eigenvalue weighted by atomic mass is 10.1. The van der Waals surface area contributed by atoms with Crippen LogP contribution in [0.1, 0.15) is 5.69 Å². The standard InChI is InChI=1S/C12H4Cl3F3IN/c13-7-2-1-5(8(14)9(7)15)6-3-4-20-11(10(6)19)12(16,17)18/h1-4H. The second-order valence-electron chi connectivity index (χ2n) is 3.74. The fraction of sp³-hybridized carbons (Fsp3) is 0.0833. The van der Waals surface area contributed by atoms with Crippen LogP contribution in [-0.4, -0.2) is 4.98 Å². The zero-order valence-electron chi connectivity index (χ0n) is 9.40. The van der Waals surface area contributed by atoms with Gasteiger partial charge < -0.3 is 0 Å². The van der Waals surface area contributed by atoms with Crippen molar-refractivity contribution in [2.45, 2.75) is 6.18 Å². The van der Waals surface area contributed by atoms with Crippen molar-refractivity contribution in [2.75, 3.05) is 0 Å². The van der Waals surface area contributed by atoms with Crippen LogP contribution in [0.25, 0.3) is 11.1 Å². The zero-order chi connectivity index (χ0) is 15.1. The third-order valence-electron chi connectivity index (χ3n) is 2.48. The molecule has 0 saturated carbocycles. The Kier molecular flexibility index (Phi) is 4.73. The lowest BCUT2D eigenvalue weighted by Gasteiger charge is -2.13. The summed E-state index contributed by atoms with van der Waals surface area (Å²) in [4.78, 5) is 3.37. The Morgan fingerprint density at radius 3 is 2.20 bits per heavy atom. The average molecular weight is 452 g/mol. The van der Waals surface area contributed by atoms with E-state index >= 15 is 0 Å². The maximum atomic E-state index is 12.8. The summed E-state index contributed by atoms with van der Waals surface area (Å²) in [6, 6.07) is 4.45. The lowest BCUT2D eigenvalue weighted by Crippen LogP contribution is -2.11. The van der Waals surface area contributed by atoms with Gasteiger partial charge in [0.05, 0.1) is 18.6 Å². The molecule has 106 valence electrons. The maximum absolute atomic E-state index is 12.8. The van der Waals surface area contributed by atoms with Crippen molar-refractivity contribution < 1.29 is 13.2 Å². The van der Waals surface area contributed by atoms with E-state index in [-0.39, 0.29) is 18.6 Å². The highest BCUT2D eigenvalue weighted by Crippen LogP contribution is 2.41. The van der Waals surface area contributed by atoms with Gasteiger partial charge in [-0.15, -0.1) is 0 Å². The number of alkyl halides is 3. The quantitative estimate of drug-likeness (QED) is 0.364. The van der Waals surface area contributed by atoms with Gasteiger partial charge in [-0.05, 0) is 34.7 Å². The number of halogens is 7. The molecule has 0 fully saturated rings. The predicted octanol–water partition coefficient (Wildman–Crippen LogP) is 6.33. The van der Waals surface area contributed by atoms with Crippen LogP contribution in [0.2, 0.25) is 15.1 Å². The average Bonchev–Trinajstić information content (AvgIpc) is 2.36. The van der Waals surface area contributed by atoms with Crippen molar-refractivity contribution in [2.24, 2.45) is 0 Å². The SMILES string of the molecule is FC(F)(F)c1nccc(-c2ccc(Cl)c(Cl)c2Cl)c1I. The number of hydrogen-bond acceptors (Lipinski definition) is 1. The molecule has 2 rings (SSSR count). The Morgan fingerprint density at radius 2 is 1.60 bits per heavy atom. The van der Waals surface area contributed by atoms with Crippen molar-refractivity contribution in [1.29, 1.82) is 0 Å². The first-order chi connectivity index (χ1) is 9.23. The minimum Gasteiger partial charge on any atom is -0.251 e. The molecule has 0 saturated heterocycles. The second-order valence-corrected chi connectivity index (χ2v) is 5.98. The van der Waals surface area contributed by atoms with E-state index in [0.717, 1.165) is 6.20 Å². The van der Waals surface area contributed by atoms with E-state index in [1.54, 1.807) is 22.6 Å². The monoisotopic (exact) mass is 451 g/mol. The van der Waals surface area contributed by atoms with Crippen LogP contribution in [-0.2, 0) is 6.18 Å². The predicted molar refractivity (Wildman–Crippen MR) is 82.4 cm³/mol. The van der Waals surface area contributed by atoms with Crippen molar-refractivity contribution in [3.05, 3.63) is 48.7 Å². The van der Waals surface area contributed by atoms with E-state index in [0.29, 0.717) is 11.1 Å². The van der Waals surface area contributed by atoms with Gasteiger partial charge in [-0.3, -0.25) is 4.98 Å². The van der Waals surface area contributed by atoms with Crippen LogP contribution >= 0.6 is 57.4 Å². The number of rotatable bonds is 1. The summed E-state index contributed by atoms with van der Waals surface area (Å²) in [6.07, 6.45) is -3.45. The molecule has 0 amide bonds. The van der Waals surface area contributed by atoms with Gasteiger partial charge in [-0.25, -0.2) is 0 Å².